The van der Waals surface area contributed by atoms with E-state index in [2.05, 4.69) is 10.6 Å². The van der Waals surface area contributed by atoms with Gasteiger partial charge in [0.2, 0.25) is 0 Å². The van der Waals surface area contributed by atoms with Gasteiger partial charge in [-0.3, -0.25) is 0 Å². The van der Waals surface area contributed by atoms with Crippen molar-refractivity contribution in [2.75, 3.05) is 32.9 Å². The van der Waals surface area contributed by atoms with Crippen LogP contribution in [0.4, 0.5) is 0 Å². The number of hydrogen-bond donors (Lipinski definition) is 10. The van der Waals surface area contributed by atoms with E-state index in [0.29, 0.717) is 31.3 Å². The Morgan fingerprint density at radius 2 is 1.85 bits per heavy atom. The molecule has 0 amide bonds. The third-order valence-corrected chi connectivity index (χ3v) is 8.56. The van der Waals surface area contributed by atoms with Gasteiger partial charge in [0, 0.05) is 36.5 Å². The van der Waals surface area contributed by atoms with Crippen molar-refractivity contribution >= 4 is 0 Å². The van der Waals surface area contributed by atoms with Gasteiger partial charge in [0.15, 0.2) is 6.29 Å². The molecule has 13 heteroatoms. The highest BCUT2D eigenvalue weighted by atomic mass is 16.7. The van der Waals surface area contributed by atoms with E-state index in [1.807, 2.05) is 6.08 Å². The molecule has 3 fully saturated rings. The van der Waals surface area contributed by atoms with Crippen LogP contribution in [0.3, 0.4) is 0 Å². The summed E-state index contributed by atoms with van der Waals surface area (Å²) in [6.07, 6.45) is 0.0524. The molecule has 0 aromatic heterocycles. The van der Waals surface area contributed by atoms with Crippen LogP contribution >= 0.6 is 0 Å². The number of ether oxygens (including phenoxy) is 3. The Morgan fingerprint density at radius 3 is 2.49 bits per heavy atom. The van der Waals surface area contributed by atoms with E-state index in [9.17, 15) is 25.5 Å². The van der Waals surface area contributed by atoms with Gasteiger partial charge in [-0.1, -0.05) is 0 Å². The molecule has 2 heterocycles. The topological polar surface area (TPSA) is 231 Å². The van der Waals surface area contributed by atoms with Gasteiger partial charge >= 0.3 is 0 Å². The lowest BCUT2D eigenvalue weighted by Crippen LogP contribution is -2.68. The maximum Gasteiger partial charge on any atom is 0.184 e. The summed E-state index contributed by atoms with van der Waals surface area (Å²) in [5.74, 6) is 0.721. The maximum atomic E-state index is 11.7. The Kier molecular flexibility index (Phi) is 10.6. The molecule has 226 valence electrons. The van der Waals surface area contributed by atoms with Crippen LogP contribution in [0.25, 0.3) is 0 Å². The number of aliphatic hydroxyl groups excluding tert-OH is 4. The van der Waals surface area contributed by atoms with Gasteiger partial charge in [-0.2, -0.15) is 0 Å². The minimum absolute atomic E-state index is 0.0426. The Morgan fingerprint density at radius 1 is 1.13 bits per heavy atom. The normalized spacial score (nSPS) is 45.0. The van der Waals surface area contributed by atoms with Crippen molar-refractivity contribution in [1.29, 1.82) is 0 Å². The molecule has 2 saturated carbocycles. The molecule has 0 radical (unpaired) electrons. The zero-order valence-corrected chi connectivity index (χ0v) is 22.8. The number of hydrogen-bond acceptors (Lipinski definition) is 13. The number of nitrogens with two attached hydrogens (primary N) is 3. The molecule has 10 atom stereocenters. The smallest absolute Gasteiger partial charge is 0.184 e. The lowest BCUT2D eigenvalue weighted by Gasteiger charge is -2.50. The number of aliphatic hydroxyl groups is 5. The lowest BCUT2D eigenvalue weighted by atomic mass is 9.72. The summed E-state index contributed by atoms with van der Waals surface area (Å²) >= 11 is 0. The van der Waals surface area contributed by atoms with Crippen LogP contribution in [0.1, 0.15) is 39.0 Å². The van der Waals surface area contributed by atoms with Crippen molar-refractivity contribution in [3.8, 4) is 0 Å². The molecular formula is C26H49N5O8. The van der Waals surface area contributed by atoms with Gasteiger partial charge < -0.3 is 67.6 Å². The Bertz CT molecular complexity index is 811. The number of nitrogens with one attached hydrogen (secondary N) is 2. The molecule has 13 nitrogen and oxygen atoms in total. The molecule has 0 aromatic carbocycles. The average Bonchev–Trinajstić information content (AvgIpc) is 2.86. The highest BCUT2D eigenvalue weighted by Gasteiger charge is 2.51. The van der Waals surface area contributed by atoms with Gasteiger partial charge in [-0.25, -0.2) is 0 Å². The highest BCUT2D eigenvalue weighted by molar-refractivity contribution is 5.10. The fraction of sp³-hybridized carbons (Fsp3) is 0.923. The van der Waals surface area contributed by atoms with Gasteiger partial charge in [0.1, 0.15) is 24.1 Å². The summed E-state index contributed by atoms with van der Waals surface area (Å²) < 4.78 is 18.1. The van der Waals surface area contributed by atoms with E-state index in [4.69, 9.17) is 31.4 Å². The standard InChI is InChI=1S/C26H49N5O8/c1-26(36)7-20(34)25(37-12-26)39-24-19(31-15(10-32)11-33)6-18(29)21(22(24)35)23-17(28)3-2-16(38-23)9-30-8-13-4-14(27)5-13/h2,13-15,17-25,30-36H,3-12,27-29H2,1H3/t13?,14?,17-,18+,19-,20-,21?,22+,23+,24+,25-,26-/m1/s1. The van der Waals surface area contributed by atoms with Gasteiger partial charge in [-0.15, -0.1) is 0 Å². The van der Waals surface area contributed by atoms with Crippen LogP contribution in [0.2, 0.25) is 0 Å². The largest absolute Gasteiger partial charge is 0.492 e. The van der Waals surface area contributed by atoms with Crippen molar-refractivity contribution < 1.29 is 39.7 Å². The second kappa shape index (κ2) is 13.4. The molecule has 2 aliphatic carbocycles. The summed E-state index contributed by atoms with van der Waals surface area (Å²) in [5.41, 5.74) is 17.8. The highest BCUT2D eigenvalue weighted by Crippen LogP contribution is 2.36. The molecular weight excluding hydrogens is 510 g/mol. The van der Waals surface area contributed by atoms with E-state index in [0.717, 1.165) is 25.1 Å². The van der Waals surface area contributed by atoms with E-state index in [1.54, 1.807) is 6.92 Å². The van der Waals surface area contributed by atoms with E-state index in [1.165, 1.54) is 0 Å². The zero-order chi connectivity index (χ0) is 28.3. The van der Waals surface area contributed by atoms with E-state index in [-0.39, 0.29) is 26.2 Å². The first-order valence-corrected chi connectivity index (χ1v) is 14.2. The fourth-order valence-electron chi connectivity index (χ4n) is 6.34. The minimum atomic E-state index is -1.20. The zero-order valence-electron chi connectivity index (χ0n) is 22.8. The Balaban J connectivity index is 1.45. The van der Waals surface area contributed by atoms with Crippen molar-refractivity contribution in [2.24, 2.45) is 29.0 Å². The second-order valence-corrected chi connectivity index (χ2v) is 12.2. The predicted molar refractivity (Wildman–Crippen MR) is 142 cm³/mol. The molecule has 0 aromatic rings. The Hall–Kier alpha value is -0.940. The first-order valence-electron chi connectivity index (χ1n) is 14.2. The third kappa shape index (κ3) is 7.67. The fourth-order valence-corrected chi connectivity index (χ4v) is 6.34. The molecule has 0 bridgehead atoms. The first kappa shape index (κ1) is 31.0. The molecule has 2 aliphatic heterocycles. The molecule has 0 spiro atoms. The van der Waals surface area contributed by atoms with Gasteiger partial charge in [0.05, 0.1) is 44.1 Å². The monoisotopic (exact) mass is 559 g/mol. The van der Waals surface area contributed by atoms with E-state index < -0.39 is 66.4 Å². The average molecular weight is 560 g/mol. The van der Waals surface area contributed by atoms with Crippen LogP contribution in [-0.4, -0.2) is 125 Å². The van der Waals surface area contributed by atoms with Crippen LogP contribution in [0, 0.1) is 11.8 Å². The first-order chi connectivity index (χ1) is 18.5. The van der Waals surface area contributed by atoms with Crippen molar-refractivity contribution in [3.05, 3.63) is 11.8 Å². The van der Waals surface area contributed by atoms with Crippen LogP contribution in [0.5, 0.6) is 0 Å². The second-order valence-electron chi connectivity index (χ2n) is 12.2. The van der Waals surface area contributed by atoms with Crippen molar-refractivity contribution in [1.82, 2.24) is 10.6 Å². The van der Waals surface area contributed by atoms with Crippen LogP contribution in [-0.2, 0) is 14.2 Å². The van der Waals surface area contributed by atoms with Crippen LogP contribution < -0.4 is 27.8 Å². The predicted octanol–water partition coefficient (Wildman–Crippen LogP) is -3.42. The van der Waals surface area contributed by atoms with Gasteiger partial charge in [-0.05, 0) is 51.1 Å². The third-order valence-electron chi connectivity index (χ3n) is 8.56. The molecule has 1 unspecified atom stereocenters. The summed E-state index contributed by atoms with van der Waals surface area (Å²) in [6, 6.07) is -1.87. The Labute approximate surface area is 230 Å². The van der Waals surface area contributed by atoms with Crippen LogP contribution in [0.15, 0.2) is 11.8 Å². The molecule has 39 heavy (non-hydrogen) atoms. The quantitative estimate of drug-likeness (QED) is 0.119. The van der Waals surface area contributed by atoms with Gasteiger partial charge in [0.25, 0.3) is 0 Å². The SMILES string of the molecule is C[C@]1(O)CO[C@H](O[C@H]2[C@H](NC(CO)CO)C[C@H](N)C([C@H]3OC(CNCC4CC(N)C4)=CC[C@H]3N)[C@@H]2O)[C@H](O)C1. The minimum Gasteiger partial charge on any atom is -0.492 e. The summed E-state index contributed by atoms with van der Waals surface area (Å²) in [4.78, 5) is 0. The summed E-state index contributed by atoms with van der Waals surface area (Å²) in [7, 11) is 0. The summed E-state index contributed by atoms with van der Waals surface area (Å²) in [6.45, 7) is 2.26. The number of rotatable bonds is 11. The van der Waals surface area contributed by atoms with Crippen molar-refractivity contribution in [2.45, 2.75) is 106 Å². The lowest BCUT2D eigenvalue weighted by molar-refractivity contribution is -0.290. The maximum absolute atomic E-state index is 11.7. The molecule has 4 aliphatic rings. The molecule has 1 saturated heterocycles. The summed E-state index contributed by atoms with van der Waals surface area (Å²) in [5, 5.41) is 58.4. The van der Waals surface area contributed by atoms with Crippen molar-refractivity contribution in [3.63, 3.8) is 0 Å². The van der Waals surface area contributed by atoms with E-state index >= 15 is 0 Å². The molecule has 13 N–H and O–H groups in total. The molecule has 4 rings (SSSR count).